The first kappa shape index (κ1) is 15.6. The average Bonchev–Trinajstić information content (AvgIpc) is 2.95. The quantitative estimate of drug-likeness (QED) is 0.901. The maximum absolute atomic E-state index is 8.92. The van der Waals surface area contributed by atoms with Crippen LogP contribution in [0, 0.1) is 17.2 Å². The van der Waals surface area contributed by atoms with E-state index in [4.69, 9.17) is 16.9 Å². The minimum absolute atomic E-state index is 0.493. The summed E-state index contributed by atoms with van der Waals surface area (Å²) in [7, 11) is 0. The van der Waals surface area contributed by atoms with Crippen LogP contribution in [0.3, 0.4) is 0 Å². The first-order valence-electron chi connectivity index (χ1n) is 8.43. The van der Waals surface area contributed by atoms with E-state index in [1.807, 2.05) is 12.1 Å². The molecule has 1 aromatic carbocycles. The van der Waals surface area contributed by atoms with Crippen LogP contribution < -0.4 is 5.32 Å². The van der Waals surface area contributed by atoms with Crippen molar-refractivity contribution in [1.29, 1.82) is 5.26 Å². The number of hydrogen-bond acceptors (Lipinski definition) is 3. The highest BCUT2D eigenvalue weighted by molar-refractivity contribution is 6.32. The van der Waals surface area contributed by atoms with Gasteiger partial charge in [-0.05, 0) is 43.4 Å². The van der Waals surface area contributed by atoms with Crippen LogP contribution in [0.4, 0.5) is 5.69 Å². The van der Waals surface area contributed by atoms with Crippen LogP contribution >= 0.6 is 11.6 Å². The predicted molar refractivity (Wildman–Crippen MR) is 91.2 cm³/mol. The molecule has 0 bridgehead atoms. The smallest absolute Gasteiger partial charge is 0.101 e. The van der Waals surface area contributed by atoms with E-state index >= 15 is 0 Å². The van der Waals surface area contributed by atoms with E-state index < -0.39 is 0 Å². The van der Waals surface area contributed by atoms with E-state index in [1.165, 1.54) is 51.6 Å². The number of hydrogen-bond donors (Lipinski definition) is 1. The Morgan fingerprint density at radius 3 is 2.77 bits per heavy atom. The van der Waals surface area contributed by atoms with Crippen molar-refractivity contribution < 1.29 is 0 Å². The molecule has 0 amide bonds. The molecule has 4 heteroatoms. The van der Waals surface area contributed by atoms with Gasteiger partial charge in [0, 0.05) is 31.4 Å². The van der Waals surface area contributed by atoms with Gasteiger partial charge in [-0.1, -0.05) is 30.9 Å². The van der Waals surface area contributed by atoms with E-state index in [9.17, 15) is 0 Å². The average molecular weight is 318 g/mol. The van der Waals surface area contributed by atoms with E-state index in [1.54, 1.807) is 6.07 Å². The maximum Gasteiger partial charge on any atom is 0.101 e. The van der Waals surface area contributed by atoms with Crippen LogP contribution in [0.15, 0.2) is 18.2 Å². The van der Waals surface area contributed by atoms with Crippen molar-refractivity contribution in [2.75, 3.05) is 25.0 Å². The van der Waals surface area contributed by atoms with Gasteiger partial charge >= 0.3 is 0 Å². The number of benzene rings is 1. The predicted octanol–water partition coefficient (Wildman–Crippen LogP) is 4.28. The molecule has 0 aromatic heterocycles. The fraction of sp³-hybridized carbons (Fsp3) is 0.611. The molecule has 1 saturated carbocycles. The van der Waals surface area contributed by atoms with Gasteiger partial charge in [0.1, 0.15) is 6.07 Å². The second-order valence-corrected chi connectivity index (χ2v) is 7.11. The van der Waals surface area contributed by atoms with Crippen molar-refractivity contribution in [2.45, 2.75) is 44.6 Å². The molecule has 2 fully saturated rings. The molecule has 1 saturated heterocycles. The Morgan fingerprint density at radius 1 is 1.23 bits per heavy atom. The summed E-state index contributed by atoms with van der Waals surface area (Å²) < 4.78 is 0. The van der Waals surface area contributed by atoms with Crippen molar-refractivity contribution in [2.24, 2.45) is 5.92 Å². The summed E-state index contributed by atoms with van der Waals surface area (Å²) >= 11 is 6.10. The minimum atomic E-state index is 0.493. The Morgan fingerprint density at radius 2 is 2.05 bits per heavy atom. The van der Waals surface area contributed by atoms with Gasteiger partial charge in [-0.15, -0.1) is 0 Å². The van der Waals surface area contributed by atoms with Crippen molar-refractivity contribution in [3.05, 3.63) is 28.8 Å². The SMILES string of the molecule is N#Cc1ccc(N[C@H]2CCN(CC3CCCCC3)C2)cc1Cl. The zero-order valence-electron chi connectivity index (χ0n) is 13.0. The summed E-state index contributed by atoms with van der Waals surface area (Å²) in [6.45, 7) is 3.58. The Balaban J connectivity index is 1.50. The van der Waals surface area contributed by atoms with Crippen molar-refractivity contribution in [3.8, 4) is 6.07 Å². The number of nitrogens with zero attached hydrogens (tertiary/aromatic N) is 2. The van der Waals surface area contributed by atoms with E-state index in [2.05, 4.69) is 16.3 Å². The van der Waals surface area contributed by atoms with Crippen LogP contribution in [0.5, 0.6) is 0 Å². The van der Waals surface area contributed by atoms with Crippen molar-refractivity contribution in [1.82, 2.24) is 4.90 Å². The zero-order valence-corrected chi connectivity index (χ0v) is 13.8. The fourth-order valence-electron chi connectivity index (χ4n) is 3.78. The maximum atomic E-state index is 8.92. The molecule has 1 aromatic rings. The highest BCUT2D eigenvalue weighted by Gasteiger charge is 2.25. The Labute approximate surface area is 138 Å². The molecule has 0 radical (unpaired) electrons. The van der Waals surface area contributed by atoms with Gasteiger partial charge in [-0.25, -0.2) is 0 Å². The third-order valence-corrected chi connectivity index (χ3v) is 5.29. The third-order valence-electron chi connectivity index (χ3n) is 4.97. The zero-order chi connectivity index (χ0) is 15.4. The van der Waals surface area contributed by atoms with Crippen molar-refractivity contribution >= 4 is 17.3 Å². The van der Waals surface area contributed by atoms with E-state index in [-0.39, 0.29) is 0 Å². The van der Waals surface area contributed by atoms with Gasteiger partial charge < -0.3 is 10.2 Å². The van der Waals surface area contributed by atoms with Gasteiger partial charge in [0.2, 0.25) is 0 Å². The first-order valence-corrected chi connectivity index (χ1v) is 8.81. The second-order valence-electron chi connectivity index (χ2n) is 6.70. The van der Waals surface area contributed by atoms with Crippen molar-refractivity contribution in [3.63, 3.8) is 0 Å². The van der Waals surface area contributed by atoms with Gasteiger partial charge in [0.25, 0.3) is 0 Å². The number of nitriles is 1. The summed E-state index contributed by atoms with van der Waals surface area (Å²) in [5.41, 5.74) is 1.56. The summed E-state index contributed by atoms with van der Waals surface area (Å²) in [5, 5.41) is 13.0. The molecule has 1 heterocycles. The molecule has 1 aliphatic carbocycles. The Hall–Kier alpha value is -1.24. The molecule has 3 nitrogen and oxygen atoms in total. The summed E-state index contributed by atoms with van der Waals surface area (Å²) in [6, 6.07) is 8.20. The molecule has 1 atom stereocenters. The highest BCUT2D eigenvalue weighted by Crippen LogP contribution is 2.27. The number of likely N-dealkylation sites (tertiary alicyclic amines) is 1. The second kappa shape index (κ2) is 7.35. The Bertz CT molecular complexity index is 546. The molecule has 118 valence electrons. The molecule has 3 rings (SSSR count). The number of rotatable bonds is 4. The molecule has 2 aliphatic rings. The highest BCUT2D eigenvalue weighted by atomic mass is 35.5. The first-order chi connectivity index (χ1) is 10.7. The lowest BCUT2D eigenvalue weighted by Crippen LogP contribution is -2.31. The number of anilines is 1. The van der Waals surface area contributed by atoms with Gasteiger partial charge in [-0.3, -0.25) is 0 Å². The number of halogens is 1. The minimum Gasteiger partial charge on any atom is -0.381 e. The molecule has 0 spiro atoms. The van der Waals surface area contributed by atoms with E-state index in [0.29, 0.717) is 16.6 Å². The largest absolute Gasteiger partial charge is 0.381 e. The van der Waals surface area contributed by atoms with Crippen LogP contribution in [0.25, 0.3) is 0 Å². The topological polar surface area (TPSA) is 39.1 Å². The summed E-state index contributed by atoms with van der Waals surface area (Å²) in [5.74, 6) is 0.914. The standard InChI is InChI=1S/C18H24ClN3/c19-18-10-16(7-6-15(18)11-20)21-17-8-9-22(13-17)12-14-4-2-1-3-5-14/h6-7,10,14,17,21H,1-5,8-9,12-13H2/t17-/m0/s1. The lowest BCUT2D eigenvalue weighted by atomic mass is 9.89. The fourth-order valence-corrected chi connectivity index (χ4v) is 4.01. The molecule has 22 heavy (non-hydrogen) atoms. The molecular formula is C18H24ClN3. The Kier molecular flexibility index (Phi) is 5.23. The third kappa shape index (κ3) is 3.94. The van der Waals surface area contributed by atoms with Crippen LogP contribution in [-0.4, -0.2) is 30.6 Å². The van der Waals surface area contributed by atoms with Gasteiger partial charge in [-0.2, -0.15) is 5.26 Å². The van der Waals surface area contributed by atoms with Crippen LogP contribution in [0.1, 0.15) is 44.1 Å². The lowest BCUT2D eigenvalue weighted by molar-refractivity contribution is 0.233. The van der Waals surface area contributed by atoms with Gasteiger partial charge in [0.05, 0.1) is 10.6 Å². The molecular weight excluding hydrogens is 294 g/mol. The van der Waals surface area contributed by atoms with Crippen LogP contribution in [-0.2, 0) is 0 Å². The lowest BCUT2D eigenvalue weighted by Gasteiger charge is -2.26. The monoisotopic (exact) mass is 317 g/mol. The molecule has 1 aliphatic heterocycles. The summed E-state index contributed by atoms with van der Waals surface area (Å²) in [4.78, 5) is 2.61. The number of nitrogens with one attached hydrogen (secondary N) is 1. The normalized spacial score (nSPS) is 23.4. The molecule has 1 N–H and O–H groups in total. The summed E-state index contributed by atoms with van der Waals surface area (Å²) in [6.07, 6.45) is 8.29. The van der Waals surface area contributed by atoms with Gasteiger partial charge in [0.15, 0.2) is 0 Å². The molecule has 0 unspecified atom stereocenters. The van der Waals surface area contributed by atoms with Crippen LogP contribution in [0.2, 0.25) is 5.02 Å². The van der Waals surface area contributed by atoms with E-state index in [0.717, 1.165) is 18.2 Å².